The summed E-state index contributed by atoms with van der Waals surface area (Å²) in [5.74, 6) is 0.710. The summed E-state index contributed by atoms with van der Waals surface area (Å²) in [4.78, 5) is 9.79. The zero-order valence-corrected chi connectivity index (χ0v) is 17.6. The molecule has 32 heavy (non-hydrogen) atoms. The van der Waals surface area contributed by atoms with E-state index in [1.807, 2.05) is 49.4 Å². The minimum absolute atomic E-state index is 0.710. The van der Waals surface area contributed by atoms with Crippen molar-refractivity contribution in [3.05, 3.63) is 109 Å². The fourth-order valence-corrected chi connectivity index (χ4v) is 4.29. The Morgan fingerprint density at radius 3 is 2.22 bits per heavy atom. The van der Waals surface area contributed by atoms with Crippen molar-refractivity contribution in [1.82, 2.24) is 9.97 Å². The first-order valence-corrected chi connectivity index (χ1v) is 10.7. The molecule has 0 atom stereocenters. The third kappa shape index (κ3) is 3.15. The van der Waals surface area contributed by atoms with E-state index >= 15 is 0 Å². The smallest absolute Gasteiger partial charge is 0.160 e. The SMILES string of the molecule is Cc1cc(-c2cccc(-c3ccccc3)c2)nc(-c2cccc3oc4ccccc4c23)n1. The van der Waals surface area contributed by atoms with Crippen molar-refractivity contribution in [2.24, 2.45) is 0 Å². The van der Waals surface area contributed by atoms with Crippen molar-refractivity contribution >= 4 is 21.9 Å². The molecule has 0 amide bonds. The molecule has 0 N–H and O–H groups in total. The maximum absolute atomic E-state index is 6.07. The molecule has 152 valence electrons. The fraction of sp³-hybridized carbons (Fsp3) is 0.0345. The Labute approximate surface area is 186 Å². The summed E-state index contributed by atoms with van der Waals surface area (Å²) in [6, 6.07) is 35.1. The average molecular weight is 412 g/mol. The first-order chi connectivity index (χ1) is 15.8. The van der Waals surface area contributed by atoms with Crippen LogP contribution in [0.1, 0.15) is 5.69 Å². The van der Waals surface area contributed by atoms with Gasteiger partial charge in [0.05, 0.1) is 5.69 Å². The molecule has 0 spiro atoms. The van der Waals surface area contributed by atoms with Crippen LogP contribution >= 0.6 is 0 Å². The number of nitrogens with zero attached hydrogens (tertiary/aromatic N) is 2. The number of fused-ring (bicyclic) bond motifs is 3. The standard InChI is InChI=1S/C29H20N2O/c1-19-17-25(22-12-7-11-21(18-22)20-9-3-2-4-10-20)31-29(30-19)24-14-8-16-27-28(24)23-13-5-6-15-26(23)32-27/h2-18H,1H3. The maximum Gasteiger partial charge on any atom is 0.160 e. The van der Waals surface area contributed by atoms with Gasteiger partial charge in [0.1, 0.15) is 11.2 Å². The average Bonchev–Trinajstić information content (AvgIpc) is 3.23. The number of rotatable bonds is 3. The van der Waals surface area contributed by atoms with Crippen molar-refractivity contribution in [2.45, 2.75) is 6.92 Å². The Morgan fingerprint density at radius 1 is 0.594 bits per heavy atom. The second-order valence-electron chi connectivity index (χ2n) is 7.94. The van der Waals surface area contributed by atoms with E-state index < -0.39 is 0 Å². The number of benzene rings is 4. The molecule has 0 aliphatic rings. The Hall–Kier alpha value is -4.24. The van der Waals surface area contributed by atoms with E-state index in [4.69, 9.17) is 14.4 Å². The molecule has 3 nitrogen and oxygen atoms in total. The van der Waals surface area contributed by atoms with Gasteiger partial charge in [-0.05, 0) is 42.3 Å². The predicted molar refractivity (Wildman–Crippen MR) is 130 cm³/mol. The first kappa shape index (κ1) is 18.5. The quantitative estimate of drug-likeness (QED) is 0.299. The molecular formula is C29H20N2O. The van der Waals surface area contributed by atoms with Gasteiger partial charge in [0.2, 0.25) is 0 Å². The minimum Gasteiger partial charge on any atom is -0.456 e. The van der Waals surface area contributed by atoms with Gasteiger partial charge < -0.3 is 4.42 Å². The van der Waals surface area contributed by atoms with E-state index in [9.17, 15) is 0 Å². The lowest BCUT2D eigenvalue weighted by molar-refractivity contribution is 0.669. The number of aryl methyl sites for hydroxylation is 1. The van der Waals surface area contributed by atoms with Gasteiger partial charge in [-0.1, -0.05) is 78.9 Å². The molecule has 0 fully saturated rings. The molecular weight excluding hydrogens is 392 g/mol. The molecule has 0 bridgehead atoms. The van der Waals surface area contributed by atoms with Gasteiger partial charge in [-0.25, -0.2) is 9.97 Å². The molecule has 6 rings (SSSR count). The topological polar surface area (TPSA) is 38.9 Å². The van der Waals surface area contributed by atoms with Crippen LogP contribution in [-0.4, -0.2) is 9.97 Å². The molecule has 0 saturated carbocycles. The van der Waals surface area contributed by atoms with E-state index in [0.717, 1.165) is 44.5 Å². The number of para-hydroxylation sites is 1. The molecule has 3 heteroatoms. The molecule has 0 saturated heterocycles. The summed E-state index contributed by atoms with van der Waals surface area (Å²) in [6.45, 7) is 2.02. The highest BCUT2D eigenvalue weighted by Gasteiger charge is 2.15. The van der Waals surface area contributed by atoms with E-state index in [0.29, 0.717) is 5.82 Å². The summed E-state index contributed by atoms with van der Waals surface area (Å²) in [5, 5.41) is 2.13. The molecule has 6 aromatic rings. The fourth-order valence-electron chi connectivity index (χ4n) is 4.29. The molecule has 0 aliphatic heterocycles. The van der Waals surface area contributed by atoms with Gasteiger partial charge in [-0.3, -0.25) is 0 Å². The zero-order valence-electron chi connectivity index (χ0n) is 17.6. The van der Waals surface area contributed by atoms with Crippen molar-refractivity contribution in [3.63, 3.8) is 0 Å². The van der Waals surface area contributed by atoms with Gasteiger partial charge >= 0.3 is 0 Å². The number of hydrogen-bond acceptors (Lipinski definition) is 3. The minimum atomic E-state index is 0.710. The van der Waals surface area contributed by atoms with Crippen molar-refractivity contribution in [3.8, 4) is 33.8 Å². The summed E-state index contributed by atoms with van der Waals surface area (Å²) in [6.07, 6.45) is 0. The van der Waals surface area contributed by atoms with Crippen LogP contribution < -0.4 is 0 Å². The van der Waals surface area contributed by atoms with E-state index in [1.54, 1.807) is 0 Å². The zero-order chi connectivity index (χ0) is 21.5. The van der Waals surface area contributed by atoms with Crippen LogP contribution in [0.25, 0.3) is 55.7 Å². The third-order valence-corrected chi connectivity index (χ3v) is 5.76. The largest absolute Gasteiger partial charge is 0.456 e. The first-order valence-electron chi connectivity index (χ1n) is 10.7. The highest BCUT2D eigenvalue weighted by atomic mass is 16.3. The van der Waals surface area contributed by atoms with Gasteiger partial charge in [-0.2, -0.15) is 0 Å². The van der Waals surface area contributed by atoms with Gasteiger partial charge in [-0.15, -0.1) is 0 Å². The monoisotopic (exact) mass is 412 g/mol. The number of aromatic nitrogens is 2. The lowest BCUT2D eigenvalue weighted by atomic mass is 10.0. The summed E-state index contributed by atoms with van der Waals surface area (Å²) in [5.41, 5.74) is 7.98. The summed E-state index contributed by atoms with van der Waals surface area (Å²) >= 11 is 0. The van der Waals surface area contributed by atoms with E-state index in [-0.39, 0.29) is 0 Å². The van der Waals surface area contributed by atoms with Crippen LogP contribution in [0.4, 0.5) is 0 Å². The van der Waals surface area contributed by atoms with Crippen LogP contribution in [0.15, 0.2) is 108 Å². The molecule has 4 aromatic carbocycles. The van der Waals surface area contributed by atoms with Gasteiger partial charge in [0, 0.05) is 27.6 Å². The molecule has 0 aliphatic carbocycles. The molecule has 0 unspecified atom stereocenters. The van der Waals surface area contributed by atoms with Gasteiger partial charge in [0.15, 0.2) is 5.82 Å². The van der Waals surface area contributed by atoms with Crippen LogP contribution in [0.2, 0.25) is 0 Å². The molecule has 2 heterocycles. The Morgan fingerprint density at radius 2 is 1.31 bits per heavy atom. The molecule has 0 radical (unpaired) electrons. The molecule has 2 aromatic heterocycles. The second kappa shape index (κ2) is 7.47. The lowest BCUT2D eigenvalue weighted by Gasteiger charge is -2.09. The number of furan rings is 1. The third-order valence-electron chi connectivity index (χ3n) is 5.76. The van der Waals surface area contributed by atoms with Crippen LogP contribution in [0, 0.1) is 6.92 Å². The van der Waals surface area contributed by atoms with Crippen LogP contribution in [0.3, 0.4) is 0 Å². The number of hydrogen-bond donors (Lipinski definition) is 0. The van der Waals surface area contributed by atoms with Crippen LogP contribution in [-0.2, 0) is 0 Å². The predicted octanol–water partition coefficient (Wildman–Crippen LogP) is 7.69. The van der Waals surface area contributed by atoms with Gasteiger partial charge in [0.25, 0.3) is 0 Å². The maximum atomic E-state index is 6.07. The van der Waals surface area contributed by atoms with Crippen LogP contribution in [0.5, 0.6) is 0 Å². The van der Waals surface area contributed by atoms with Crippen molar-refractivity contribution in [1.29, 1.82) is 0 Å². The Balaban J connectivity index is 1.53. The second-order valence-corrected chi connectivity index (χ2v) is 7.94. The highest BCUT2D eigenvalue weighted by molar-refractivity contribution is 6.11. The van der Waals surface area contributed by atoms with Crippen molar-refractivity contribution in [2.75, 3.05) is 0 Å². The van der Waals surface area contributed by atoms with E-state index in [2.05, 4.69) is 60.7 Å². The Kier molecular flexibility index (Phi) is 4.32. The summed E-state index contributed by atoms with van der Waals surface area (Å²) in [7, 11) is 0. The highest BCUT2D eigenvalue weighted by Crippen LogP contribution is 2.36. The van der Waals surface area contributed by atoms with Crippen molar-refractivity contribution < 1.29 is 4.42 Å². The Bertz CT molecular complexity index is 1580. The lowest BCUT2D eigenvalue weighted by Crippen LogP contribution is -1.95. The normalized spacial score (nSPS) is 11.3. The summed E-state index contributed by atoms with van der Waals surface area (Å²) < 4.78 is 6.07. The van der Waals surface area contributed by atoms with E-state index in [1.165, 1.54) is 11.1 Å².